The highest BCUT2D eigenvalue weighted by atomic mass is 32.2. The van der Waals surface area contributed by atoms with E-state index in [0.29, 0.717) is 23.5 Å². The minimum atomic E-state index is -3.30. The van der Waals surface area contributed by atoms with E-state index in [2.05, 4.69) is 0 Å². The molecule has 0 spiro atoms. The van der Waals surface area contributed by atoms with E-state index in [4.69, 9.17) is 4.74 Å². The zero-order chi connectivity index (χ0) is 16.8. The molecule has 0 saturated carbocycles. The maximum absolute atomic E-state index is 12.3. The number of para-hydroxylation sites is 1. The Bertz CT molecular complexity index is 778. The Balaban J connectivity index is 2.14. The Labute approximate surface area is 135 Å². The molecule has 0 amide bonds. The third kappa shape index (κ3) is 2.55. The lowest BCUT2D eigenvalue weighted by Gasteiger charge is -2.35. The molecule has 0 bridgehead atoms. The highest BCUT2D eigenvalue weighted by Gasteiger charge is 2.50. The molecular formula is C17H20O5S. The van der Waals surface area contributed by atoms with Crippen LogP contribution < -0.4 is 4.74 Å². The predicted molar refractivity (Wildman–Crippen MR) is 86.1 cm³/mol. The summed E-state index contributed by atoms with van der Waals surface area (Å²) in [6, 6.07) is 7.39. The average Bonchev–Trinajstić information content (AvgIpc) is 2.82. The summed E-state index contributed by atoms with van der Waals surface area (Å²) >= 11 is 0. The molecule has 1 aromatic carbocycles. The van der Waals surface area contributed by atoms with Crippen molar-refractivity contribution in [3.8, 4) is 5.75 Å². The predicted octanol–water partition coefficient (Wildman–Crippen LogP) is 2.59. The van der Waals surface area contributed by atoms with Crippen LogP contribution in [0, 0.1) is 11.8 Å². The summed E-state index contributed by atoms with van der Waals surface area (Å²) in [6.45, 7) is 1.81. The number of rotatable bonds is 3. The van der Waals surface area contributed by atoms with E-state index >= 15 is 0 Å². The summed E-state index contributed by atoms with van der Waals surface area (Å²) in [5.41, 5.74) is 1.63. The van der Waals surface area contributed by atoms with Crippen LogP contribution in [0.2, 0.25) is 0 Å². The molecule has 2 aliphatic rings. The fourth-order valence-corrected chi connectivity index (χ4v) is 6.26. The summed E-state index contributed by atoms with van der Waals surface area (Å²) in [7, 11) is -1.74. The number of hydrogen-bond donors (Lipinski definition) is 1. The number of benzene rings is 1. The topological polar surface area (TPSA) is 80.7 Å². The molecule has 6 heteroatoms. The normalized spacial score (nSPS) is 29.2. The van der Waals surface area contributed by atoms with Crippen LogP contribution in [0.3, 0.4) is 0 Å². The fourth-order valence-electron chi connectivity index (χ4n) is 4.14. The van der Waals surface area contributed by atoms with Crippen LogP contribution in [-0.4, -0.2) is 32.4 Å². The number of fused-ring (bicyclic) bond motifs is 1. The number of carboxylic acids is 1. The number of ether oxygens (including phenoxy) is 1. The Hall–Kier alpha value is -1.82. The van der Waals surface area contributed by atoms with Gasteiger partial charge >= 0.3 is 5.97 Å². The number of hydrogen-bond acceptors (Lipinski definition) is 4. The molecule has 1 aliphatic carbocycles. The zero-order valence-corrected chi connectivity index (χ0v) is 14.0. The van der Waals surface area contributed by atoms with Crippen molar-refractivity contribution in [2.75, 3.05) is 12.9 Å². The lowest BCUT2D eigenvalue weighted by molar-refractivity contribution is -0.144. The summed E-state index contributed by atoms with van der Waals surface area (Å²) in [6.07, 6.45) is 0.819. The Kier molecular flexibility index (Phi) is 3.96. The first-order chi connectivity index (χ1) is 10.9. The standard InChI is InChI=1S/C17H20O5S/c1-10-9-13(11-5-3-4-6-14(11)22-2)15(17(18)19)12-7-8-23(20,21)16(10)12/h3-6,12-13,15H,7-9H2,1-2H3,(H,18,19). The first kappa shape index (κ1) is 16.1. The molecule has 1 heterocycles. The van der Waals surface area contributed by atoms with Crippen LogP contribution >= 0.6 is 0 Å². The molecule has 3 rings (SSSR count). The maximum Gasteiger partial charge on any atom is 0.307 e. The minimum absolute atomic E-state index is 0.0484. The van der Waals surface area contributed by atoms with E-state index in [-0.39, 0.29) is 11.7 Å². The van der Waals surface area contributed by atoms with Gasteiger partial charge in [0.1, 0.15) is 5.75 Å². The molecule has 5 nitrogen and oxygen atoms in total. The SMILES string of the molecule is COc1ccccc1C1CC(C)=C2C(CCS2(=O)=O)C1C(=O)O. The lowest BCUT2D eigenvalue weighted by atomic mass is 9.69. The first-order valence-electron chi connectivity index (χ1n) is 7.65. The van der Waals surface area contributed by atoms with E-state index in [9.17, 15) is 18.3 Å². The fraction of sp³-hybridized carbons (Fsp3) is 0.471. The molecule has 23 heavy (non-hydrogen) atoms. The summed E-state index contributed by atoms with van der Waals surface area (Å²) in [4.78, 5) is 12.3. The van der Waals surface area contributed by atoms with Crippen LogP contribution in [-0.2, 0) is 14.6 Å². The van der Waals surface area contributed by atoms with E-state index in [1.54, 1.807) is 7.11 Å². The molecule has 1 aliphatic heterocycles. The van der Waals surface area contributed by atoms with Gasteiger partial charge in [-0.15, -0.1) is 0 Å². The summed E-state index contributed by atoms with van der Waals surface area (Å²) in [5, 5.41) is 9.78. The van der Waals surface area contributed by atoms with Crippen molar-refractivity contribution in [2.24, 2.45) is 11.8 Å². The Morgan fingerprint density at radius 1 is 1.26 bits per heavy atom. The van der Waals surface area contributed by atoms with Gasteiger partial charge in [-0.1, -0.05) is 23.8 Å². The van der Waals surface area contributed by atoms with Gasteiger partial charge in [0, 0.05) is 16.7 Å². The molecule has 1 N–H and O–H groups in total. The van der Waals surface area contributed by atoms with Gasteiger partial charge < -0.3 is 9.84 Å². The van der Waals surface area contributed by atoms with Crippen molar-refractivity contribution in [3.63, 3.8) is 0 Å². The molecule has 3 unspecified atom stereocenters. The molecule has 1 fully saturated rings. The quantitative estimate of drug-likeness (QED) is 0.917. The molecule has 0 radical (unpaired) electrons. The van der Waals surface area contributed by atoms with E-state index in [1.807, 2.05) is 31.2 Å². The highest BCUT2D eigenvalue weighted by molar-refractivity contribution is 7.95. The van der Waals surface area contributed by atoms with Crippen LogP contribution in [0.4, 0.5) is 0 Å². The Morgan fingerprint density at radius 2 is 1.96 bits per heavy atom. The largest absolute Gasteiger partial charge is 0.496 e. The third-order valence-electron chi connectivity index (χ3n) is 5.01. The maximum atomic E-state index is 12.3. The smallest absolute Gasteiger partial charge is 0.307 e. The number of allylic oxidation sites excluding steroid dienone is 2. The molecule has 1 saturated heterocycles. The van der Waals surface area contributed by atoms with Gasteiger partial charge in [0.05, 0.1) is 18.8 Å². The number of carbonyl (C=O) groups is 1. The second-order valence-corrected chi connectivity index (χ2v) is 8.35. The van der Waals surface area contributed by atoms with Gasteiger partial charge in [0.25, 0.3) is 0 Å². The van der Waals surface area contributed by atoms with Crippen LogP contribution in [0.1, 0.15) is 31.2 Å². The number of sulfone groups is 1. The highest BCUT2D eigenvalue weighted by Crippen LogP contribution is 2.52. The van der Waals surface area contributed by atoms with Crippen molar-refractivity contribution < 1.29 is 23.1 Å². The van der Waals surface area contributed by atoms with Crippen molar-refractivity contribution in [3.05, 3.63) is 40.3 Å². The van der Waals surface area contributed by atoms with Gasteiger partial charge in [0.15, 0.2) is 9.84 Å². The summed E-state index contributed by atoms with van der Waals surface area (Å²) < 4.78 is 29.9. The third-order valence-corrected chi connectivity index (χ3v) is 7.10. The van der Waals surface area contributed by atoms with Gasteiger partial charge in [0.2, 0.25) is 0 Å². The van der Waals surface area contributed by atoms with Gasteiger partial charge in [-0.25, -0.2) is 8.42 Å². The molecule has 124 valence electrons. The summed E-state index contributed by atoms with van der Waals surface area (Å²) in [5.74, 6) is -1.67. The molecular weight excluding hydrogens is 316 g/mol. The van der Waals surface area contributed by atoms with Crippen molar-refractivity contribution >= 4 is 15.8 Å². The van der Waals surface area contributed by atoms with Crippen molar-refractivity contribution in [2.45, 2.75) is 25.7 Å². The van der Waals surface area contributed by atoms with Crippen molar-refractivity contribution in [1.29, 1.82) is 0 Å². The molecule has 0 aromatic heterocycles. The zero-order valence-electron chi connectivity index (χ0n) is 13.2. The van der Waals surface area contributed by atoms with E-state index in [0.717, 1.165) is 11.1 Å². The lowest BCUT2D eigenvalue weighted by Crippen LogP contribution is -2.34. The average molecular weight is 336 g/mol. The van der Waals surface area contributed by atoms with E-state index in [1.165, 1.54) is 0 Å². The van der Waals surface area contributed by atoms with Crippen LogP contribution in [0.25, 0.3) is 0 Å². The number of methoxy groups -OCH3 is 1. The Morgan fingerprint density at radius 3 is 2.61 bits per heavy atom. The number of carboxylic acid groups (broad SMARTS) is 1. The van der Waals surface area contributed by atoms with Crippen molar-refractivity contribution in [1.82, 2.24) is 0 Å². The van der Waals surface area contributed by atoms with E-state index < -0.39 is 27.6 Å². The second kappa shape index (κ2) is 5.67. The monoisotopic (exact) mass is 336 g/mol. The minimum Gasteiger partial charge on any atom is -0.496 e. The molecule has 1 aromatic rings. The van der Waals surface area contributed by atoms with Gasteiger partial charge in [-0.05, 0) is 31.4 Å². The second-order valence-electron chi connectivity index (χ2n) is 6.28. The van der Waals surface area contributed by atoms with Crippen LogP contribution in [0.15, 0.2) is 34.7 Å². The van der Waals surface area contributed by atoms with Gasteiger partial charge in [-0.3, -0.25) is 4.79 Å². The molecule has 3 atom stereocenters. The number of aliphatic carboxylic acids is 1. The van der Waals surface area contributed by atoms with Crippen LogP contribution in [0.5, 0.6) is 5.75 Å². The van der Waals surface area contributed by atoms with Gasteiger partial charge in [-0.2, -0.15) is 0 Å². The first-order valence-corrected chi connectivity index (χ1v) is 9.30.